The second kappa shape index (κ2) is 6.36. The molecule has 0 saturated carbocycles. The van der Waals surface area contributed by atoms with Gasteiger partial charge < -0.3 is 15.0 Å². The summed E-state index contributed by atoms with van der Waals surface area (Å²) in [4.78, 5) is 2.44. The van der Waals surface area contributed by atoms with Gasteiger partial charge in [0, 0.05) is 36.7 Å². The lowest BCUT2D eigenvalue weighted by molar-refractivity contribution is -0.0289. The average molecular weight is 256 g/mol. The van der Waals surface area contributed by atoms with E-state index in [0.717, 1.165) is 26.3 Å². The van der Waals surface area contributed by atoms with E-state index < -0.39 is 0 Å². The largest absolute Gasteiger partial charge is 0.381 e. The van der Waals surface area contributed by atoms with Crippen LogP contribution in [0.2, 0.25) is 0 Å². The van der Waals surface area contributed by atoms with Crippen LogP contribution in [0.1, 0.15) is 47.5 Å². The van der Waals surface area contributed by atoms with Gasteiger partial charge in [0.15, 0.2) is 0 Å². The highest BCUT2D eigenvalue weighted by atomic mass is 16.5. The fourth-order valence-electron chi connectivity index (χ4n) is 2.39. The summed E-state index contributed by atoms with van der Waals surface area (Å²) in [6.07, 6.45) is 2.46. The van der Waals surface area contributed by atoms with Crippen molar-refractivity contribution in [3.8, 4) is 0 Å². The normalized spacial score (nSPS) is 26.0. The summed E-state index contributed by atoms with van der Waals surface area (Å²) in [6, 6.07) is 0.596. The fraction of sp³-hybridized carbons (Fsp3) is 1.00. The Morgan fingerprint density at radius 2 is 2.00 bits per heavy atom. The third kappa shape index (κ3) is 5.25. The number of nitrogens with one attached hydrogen (secondary N) is 1. The smallest absolute Gasteiger partial charge is 0.0546 e. The van der Waals surface area contributed by atoms with Gasteiger partial charge in [-0.2, -0.15) is 0 Å². The van der Waals surface area contributed by atoms with E-state index in [1.165, 1.54) is 12.8 Å². The molecule has 0 bridgehead atoms. The van der Waals surface area contributed by atoms with E-state index in [4.69, 9.17) is 4.74 Å². The van der Waals surface area contributed by atoms with E-state index in [1.54, 1.807) is 0 Å². The van der Waals surface area contributed by atoms with Crippen LogP contribution in [0.4, 0.5) is 0 Å². The van der Waals surface area contributed by atoms with Crippen LogP contribution in [0.25, 0.3) is 0 Å². The standard InChI is InChI=1S/C15H32N2O/c1-13(2)17(6)11-15(8-7-9-18-12-15)10-16-14(3,4)5/h13,16H,7-12H2,1-6H3. The maximum absolute atomic E-state index is 5.76. The highest BCUT2D eigenvalue weighted by molar-refractivity contribution is 4.89. The van der Waals surface area contributed by atoms with E-state index in [1.807, 2.05) is 0 Å². The summed E-state index contributed by atoms with van der Waals surface area (Å²) in [5, 5.41) is 3.67. The van der Waals surface area contributed by atoms with Gasteiger partial charge in [-0.05, 0) is 54.5 Å². The minimum atomic E-state index is 0.181. The Hall–Kier alpha value is -0.120. The van der Waals surface area contributed by atoms with Crippen molar-refractivity contribution in [2.24, 2.45) is 5.41 Å². The van der Waals surface area contributed by atoms with Crippen molar-refractivity contribution in [1.29, 1.82) is 0 Å². The Morgan fingerprint density at radius 1 is 1.33 bits per heavy atom. The summed E-state index contributed by atoms with van der Waals surface area (Å²) < 4.78 is 5.76. The molecule has 1 unspecified atom stereocenters. The van der Waals surface area contributed by atoms with Crippen molar-refractivity contribution in [3.05, 3.63) is 0 Å². The molecule has 1 fully saturated rings. The quantitative estimate of drug-likeness (QED) is 0.818. The van der Waals surface area contributed by atoms with Gasteiger partial charge in [-0.25, -0.2) is 0 Å². The SMILES string of the molecule is CC(C)N(C)CC1(CNC(C)(C)C)CCCOC1. The molecule has 3 nitrogen and oxygen atoms in total. The highest BCUT2D eigenvalue weighted by Crippen LogP contribution is 2.30. The summed E-state index contributed by atoms with van der Waals surface area (Å²) in [5.41, 5.74) is 0.464. The second-order valence-electron chi connectivity index (χ2n) is 7.27. The van der Waals surface area contributed by atoms with Crippen molar-refractivity contribution in [2.45, 2.75) is 59.0 Å². The van der Waals surface area contributed by atoms with Crippen LogP contribution in [-0.4, -0.2) is 49.8 Å². The zero-order chi connectivity index (χ0) is 13.8. The molecule has 0 amide bonds. The lowest BCUT2D eigenvalue weighted by Crippen LogP contribution is -2.52. The summed E-state index contributed by atoms with van der Waals surface area (Å²) in [6.45, 7) is 15.2. The molecular formula is C15H32N2O. The summed E-state index contributed by atoms with van der Waals surface area (Å²) in [7, 11) is 2.22. The van der Waals surface area contributed by atoms with Crippen molar-refractivity contribution in [1.82, 2.24) is 10.2 Å². The van der Waals surface area contributed by atoms with Crippen LogP contribution in [0.3, 0.4) is 0 Å². The Labute approximate surface area is 113 Å². The van der Waals surface area contributed by atoms with Crippen molar-refractivity contribution < 1.29 is 4.74 Å². The predicted octanol–water partition coefficient (Wildman–Crippen LogP) is 2.51. The molecule has 3 heteroatoms. The van der Waals surface area contributed by atoms with E-state index in [-0.39, 0.29) is 11.0 Å². The zero-order valence-corrected chi connectivity index (χ0v) is 13.2. The third-order valence-corrected chi connectivity index (χ3v) is 3.86. The number of nitrogens with zero attached hydrogens (tertiary/aromatic N) is 1. The Bertz CT molecular complexity index is 239. The maximum atomic E-state index is 5.76. The molecule has 0 radical (unpaired) electrons. The lowest BCUT2D eigenvalue weighted by atomic mass is 9.81. The Kier molecular flexibility index (Phi) is 5.63. The van der Waals surface area contributed by atoms with Gasteiger partial charge in [0.2, 0.25) is 0 Å². The summed E-state index contributed by atoms with van der Waals surface area (Å²) in [5.74, 6) is 0. The molecule has 108 valence electrons. The Balaban J connectivity index is 2.63. The molecule has 1 heterocycles. The Morgan fingerprint density at radius 3 is 2.44 bits per heavy atom. The molecule has 18 heavy (non-hydrogen) atoms. The molecule has 0 aromatic heterocycles. The second-order valence-corrected chi connectivity index (χ2v) is 7.27. The van der Waals surface area contributed by atoms with Crippen molar-refractivity contribution >= 4 is 0 Å². The molecule has 1 rings (SSSR count). The van der Waals surface area contributed by atoms with Crippen molar-refractivity contribution in [2.75, 3.05) is 33.4 Å². The number of hydrogen-bond donors (Lipinski definition) is 1. The minimum Gasteiger partial charge on any atom is -0.381 e. The van der Waals surface area contributed by atoms with Crippen LogP contribution in [0.15, 0.2) is 0 Å². The first kappa shape index (κ1) is 15.9. The molecule has 0 aromatic rings. The average Bonchev–Trinajstić information content (AvgIpc) is 2.27. The van der Waals surface area contributed by atoms with Crippen LogP contribution >= 0.6 is 0 Å². The molecule has 0 aromatic carbocycles. The van der Waals surface area contributed by atoms with Gasteiger partial charge >= 0.3 is 0 Å². The molecule has 0 aliphatic carbocycles. The van der Waals surface area contributed by atoms with E-state index in [9.17, 15) is 0 Å². The number of rotatable bonds is 5. The van der Waals surface area contributed by atoms with Crippen LogP contribution in [-0.2, 0) is 4.74 Å². The highest BCUT2D eigenvalue weighted by Gasteiger charge is 2.35. The zero-order valence-electron chi connectivity index (χ0n) is 13.2. The molecule has 0 spiro atoms. The molecule has 1 aliphatic rings. The molecule has 1 saturated heterocycles. The maximum Gasteiger partial charge on any atom is 0.0546 e. The lowest BCUT2D eigenvalue weighted by Gasteiger charge is -2.42. The first-order valence-electron chi connectivity index (χ1n) is 7.27. The van der Waals surface area contributed by atoms with Gasteiger partial charge in [-0.1, -0.05) is 0 Å². The molecule has 1 aliphatic heterocycles. The van der Waals surface area contributed by atoms with Gasteiger partial charge in [0.05, 0.1) is 6.61 Å². The third-order valence-electron chi connectivity index (χ3n) is 3.86. The number of hydrogen-bond acceptors (Lipinski definition) is 3. The predicted molar refractivity (Wildman–Crippen MR) is 78.0 cm³/mol. The van der Waals surface area contributed by atoms with Gasteiger partial charge in [-0.15, -0.1) is 0 Å². The van der Waals surface area contributed by atoms with Crippen LogP contribution in [0.5, 0.6) is 0 Å². The van der Waals surface area contributed by atoms with Crippen LogP contribution < -0.4 is 5.32 Å². The van der Waals surface area contributed by atoms with E-state index in [0.29, 0.717) is 6.04 Å². The van der Waals surface area contributed by atoms with Crippen LogP contribution in [0, 0.1) is 5.41 Å². The van der Waals surface area contributed by atoms with Gasteiger partial charge in [0.1, 0.15) is 0 Å². The van der Waals surface area contributed by atoms with Gasteiger partial charge in [-0.3, -0.25) is 0 Å². The molecular weight excluding hydrogens is 224 g/mol. The van der Waals surface area contributed by atoms with Gasteiger partial charge in [0.25, 0.3) is 0 Å². The molecule has 1 atom stereocenters. The topological polar surface area (TPSA) is 24.5 Å². The first-order chi connectivity index (χ1) is 8.24. The van der Waals surface area contributed by atoms with E-state index >= 15 is 0 Å². The number of ether oxygens (including phenoxy) is 1. The monoisotopic (exact) mass is 256 g/mol. The van der Waals surface area contributed by atoms with Crippen molar-refractivity contribution in [3.63, 3.8) is 0 Å². The fourth-order valence-corrected chi connectivity index (χ4v) is 2.39. The first-order valence-corrected chi connectivity index (χ1v) is 7.27. The van der Waals surface area contributed by atoms with E-state index in [2.05, 4.69) is 51.9 Å². The molecule has 1 N–H and O–H groups in total. The minimum absolute atomic E-state index is 0.181. The summed E-state index contributed by atoms with van der Waals surface area (Å²) >= 11 is 0.